The summed E-state index contributed by atoms with van der Waals surface area (Å²) < 4.78 is 14.4. The van der Waals surface area contributed by atoms with Crippen LogP contribution in [-0.2, 0) is 17.9 Å². The maximum atomic E-state index is 13.0. The minimum Gasteiger partial charge on any atom is -0.352 e. The molecule has 4 rings (SSSR count). The SMILES string of the molecule is Cc1sc2ncn(CC(=O)NC3CCN(Cc4ccc(F)cc4)CC3)c(=O)c2c1C. The first kappa shape index (κ1) is 20.7. The van der Waals surface area contributed by atoms with Crippen LogP contribution in [0.25, 0.3) is 10.2 Å². The summed E-state index contributed by atoms with van der Waals surface area (Å²) in [4.78, 5) is 33.7. The molecule has 30 heavy (non-hydrogen) atoms. The van der Waals surface area contributed by atoms with Crippen LogP contribution in [0, 0.1) is 19.7 Å². The van der Waals surface area contributed by atoms with Gasteiger partial charge in [-0.3, -0.25) is 19.1 Å². The van der Waals surface area contributed by atoms with Crippen molar-refractivity contribution in [2.75, 3.05) is 13.1 Å². The van der Waals surface area contributed by atoms with Crippen molar-refractivity contribution in [3.8, 4) is 0 Å². The molecule has 6 nitrogen and oxygen atoms in total. The van der Waals surface area contributed by atoms with Gasteiger partial charge in [-0.15, -0.1) is 11.3 Å². The van der Waals surface area contributed by atoms with Crippen LogP contribution in [0.2, 0.25) is 0 Å². The Hall–Kier alpha value is -2.58. The summed E-state index contributed by atoms with van der Waals surface area (Å²) in [6.45, 7) is 6.38. The molecular formula is C22H25FN4O2S. The molecule has 1 aromatic carbocycles. The number of nitrogens with one attached hydrogen (secondary N) is 1. The Labute approximate surface area is 178 Å². The smallest absolute Gasteiger partial charge is 0.262 e. The Kier molecular flexibility index (Phi) is 5.97. The Bertz CT molecular complexity index is 1110. The number of carbonyl (C=O) groups excluding carboxylic acids is 1. The molecule has 0 radical (unpaired) electrons. The van der Waals surface area contributed by atoms with Crippen LogP contribution in [0.3, 0.4) is 0 Å². The summed E-state index contributed by atoms with van der Waals surface area (Å²) in [5.41, 5.74) is 1.86. The van der Waals surface area contributed by atoms with Gasteiger partial charge in [0.25, 0.3) is 5.56 Å². The molecule has 158 valence electrons. The fourth-order valence-corrected chi connectivity index (χ4v) is 4.88. The van der Waals surface area contributed by atoms with Gasteiger partial charge in [-0.1, -0.05) is 12.1 Å². The number of thiophene rings is 1. The number of aromatic nitrogens is 2. The number of carbonyl (C=O) groups is 1. The lowest BCUT2D eigenvalue weighted by molar-refractivity contribution is -0.122. The second kappa shape index (κ2) is 8.65. The molecule has 1 saturated heterocycles. The third-order valence-electron chi connectivity index (χ3n) is 5.74. The van der Waals surface area contributed by atoms with Crippen molar-refractivity contribution in [2.45, 2.75) is 45.8 Å². The molecule has 3 heterocycles. The Balaban J connectivity index is 1.31. The van der Waals surface area contributed by atoms with E-state index < -0.39 is 0 Å². The molecule has 0 bridgehead atoms. The zero-order valence-electron chi connectivity index (χ0n) is 17.2. The summed E-state index contributed by atoms with van der Waals surface area (Å²) in [5, 5.41) is 3.67. The molecule has 1 N–H and O–H groups in total. The number of rotatable bonds is 5. The van der Waals surface area contributed by atoms with E-state index in [1.54, 1.807) is 0 Å². The average molecular weight is 429 g/mol. The van der Waals surface area contributed by atoms with Crippen molar-refractivity contribution in [3.63, 3.8) is 0 Å². The Morgan fingerprint density at radius 1 is 1.23 bits per heavy atom. The number of halogens is 1. The zero-order valence-corrected chi connectivity index (χ0v) is 18.0. The highest BCUT2D eigenvalue weighted by molar-refractivity contribution is 7.18. The predicted octanol–water partition coefficient (Wildman–Crippen LogP) is 2.99. The molecule has 0 aliphatic carbocycles. The maximum Gasteiger partial charge on any atom is 0.262 e. The van der Waals surface area contributed by atoms with E-state index in [2.05, 4.69) is 15.2 Å². The molecule has 8 heteroatoms. The van der Waals surface area contributed by atoms with Crippen LogP contribution in [0.5, 0.6) is 0 Å². The lowest BCUT2D eigenvalue weighted by atomic mass is 10.0. The van der Waals surface area contributed by atoms with Gasteiger partial charge in [0.1, 0.15) is 17.2 Å². The number of fused-ring (bicyclic) bond motifs is 1. The first-order chi connectivity index (χ1) is 14.4. The molecule has 1 aliphatic heterocycles. The van der Waals surface area contributed by atoms with Gasteiger partial charge in [0.2, 0.25) is 5.91 Å². The first-order valence-electron chi connectivity index (χ1n) is 10.1. The predicted molar refractivity (Wildman–Crippen MR) is 116 cm³/mol. The number of hydrogen-bond acceptors (Lipinski definition) is 5. The lowest BCUT2D eigenvalue weighted by Crippen LogP contribution is -2.45. The maximum absolute atomic E-state index is 13.0. The van der Waals surface area contributed by atoms with Crippen molar-refractivity contribution >= 4 is 27.5 Å². The number of nitrogens with zero attached hydrogens (tertiary/aromatic N) is 3. The third-order valence-corrected chi connectivity index (χ3v) is 6.86. The van der Waals surface area contributed by atoms with E-state index in [4.69, 9.17) is 0 Å². The van der Waals surface area contributed by atoms with Crippen LogP contribution < -0.4 is 10.9 Å². The van der Waals surface area contributed by atoms with Crippen LogP contribution in [0.15, 0.2) is 35.4 Å². The van der Waals surface area contributed by atoms with Gasteiger partial charge in [0.15, 0.2) is 0 Å². The van der Waals surface area contributed by atoms with E-state index in [1.165, 1.54) is 34.4 Å². The fourth-order valence-electron chi connectivity index (χ4n) is 3.89. The number of piperidine rings is 1. The summed E-state index contributed by atoms with van der Waals surface area (Å²) >= 11 is 1.50. The van der Waals surface area contributed by atoms with Gasteiger partial charge in [0.05, 0.1) is 11.7 Å². The highest BCUT2D eigenvalue weighted by Gasteiger charge is 2.21. The minimum absolute atomic E-state index is 0.0219. The van der Waals surface area contributed by atoms with Gasteiger partial charge >= 0.3 is 0 Å². The average Bonchev–Trinajstić information content (AvgIpc) is 3.02. The van der Waals surface area contributed by atoms with Crippen LogP contribution in [0.4, 0.5) is 4.39 Å². The monoisotopic (exact) mass is 428 g/mol. The molecule has 0 saturated carbocycles. The molecule has 2 aromatic heterocycles. The molecular weight excluding hydrogens is 403 g/mol. The Morgan fingerprint density at radius 2 is 1.93 bits per heavy atom. The van der Waals surface area contributed by atoms with Gasteiger partial charge < -0.3 is 5.32 Å². The highest BCUT2D eigenvalue weighted by Crippen LogP contribution is 2.25. The van der Waals surface area contributed by atoms with Crippen LogP contribution in [-0.4, -0.2) is 39.5 Å². The summed E-state index contributed by atoms with van der Waals surface area (Å²) in [6, 6.07) is 6.68. The third kappa shape index (κ3) is 4.44. The molecule has 1 aliphatic rings. The van der Waals surface area contributed by atoms with Crippen molar-refractivity contribution in [2.24, 2.45) is 0 Å². The number of benzene rings is 1. The van der Waals surface area contributed by atoms with Gasteiger partial charge in [-0.2, -0.15) is 0 Å². The van der Waals surface area contributed by atoms with E-state index in [-0.39, 0.29) is 29.9 Å². The van der Waals surface area contributed by atoms with Gasteiger partial charge in [0, 0.05) is 30.6 Å². The summed E-state index contributed by atoms with van der Waals surface area (Å²) in [7, 11) is 0. The summed E-state index contributed by atoms with van der Waals surface area (Å²) in [6.07, 6.45) is 3.16. The van der Waals surface area contributed by atoms with E-state index in [1.807, 2.05) is 26.0 Å². The van der Waals surface area contributed by atoms with Crippen LogP contribution in [0.1, 0.15) is 28.8 Å². The normalized spacial score (nSPS) is 15.6. The fraction of sp³-hybridized carbons (Fsp3) is 0.409. The Morgan fingerprint density at radius 3 is 2.63 bits per heavy atom. The van der Waals surface area contributed by atoms with Crippen molar-refractivity contribution in [3.05, 3.63) is 62.8 Å². The van der Waals surface area contributed by atoms with E-state index in [0.717, 1.165) is 53.3 Å². The highest BCUT2D eigenvalue weighted by atomic mass is 32.1. The summed E-state index contributed by atoms with van der Waals surface area (Å²) in [5.74, 6) is -0.391. The van der Waals surface area contributed by atoms with E-state index >= 15 is 0 Å². The number of aryl methyl sites for hydroxylation is 2. The molecule has 1 fully saturated rings. The van der Waals surface area contributed by atoms with Crippen molar-refractivity contribution in [1.29, 1.82) is 0 Å². The molecule has 0 spiro atoms. The number of amides is 1. The second-order valence-corrected chi connectivity index (χ2v) is 9.09. The first-order valence-corrected chi connectivity index (χ1v) is 10.9. The molecule has 1 amide bonds. The molecule has 3 aromatic rings. The number of hydrogen-bond donors (Lipinski definition) is 1. The van der Waals surface area contributed by atoms with Gasteiger partial charge in [-0.25, -0.2) is 9.37 Å². The van der Waals surface area contributed by atoms with E-state index in [9.17, 15) is 14.0 Å². The second-order valence-electron chi connectivity index (χ2n) is 7.89. The van der Waals surface area contributed by atoms with E-state index in [0.29, 0.717) is 5.39 Å². The van der Waals surface area contributed by atoms with Crippen molar-refractivity contribution < 1.29 is 9.18 Å². The zero-order chi connectivity index (χ0) is 21.3. The minimum atomic E-state index is -0.224. The van der Waals surface area contributed by atoms with Crippen LogP contribution >= 0.6 is 11.3 Å². The molecule has 0 unspecified atom stereocenters. The van der Waals surface area contributed by atoms with Gasteiger partial charge in [-0.05, 0) is 49.9 Å². The largest absolute Gasteiger partial charge is 0.352 e. The standard InChI is InChI=1S/C22H25FN4O2S/c1-14-15(2)30-21-20(14)22(29)27(13-24-21)12-19(28)25-18-7-9-26(10-8-18)11-16-3-5-17(23)6-4-16/h3-6,13,18H,7-12H2,1-2H3,(H,25,28). The molecule has 0 atom stereocenters. The lowest BCUT2D eigenvalue weighted by Gasteiger charge is -2.32. The van der Waals surface area contributed by atoms with Crippen molar-refractivity contribution in [1.82, 2.24) is 19.8 Å². The number of likely N-dealkylation sites (tertiary alicyclic amines) is 1. The topological polar surface area (TPSA) is 67.2 Å². The quantitative estimate of drug-likeness (QED) is 0.679.